The highest BCUT2D eigenvalue weighted by molar-refractivity contribution is 5.99. The summed E-state index contributed by atoms with van der Waals surface area (Å²) < 4.78 is 46.1. The number of nitrogens with one attached hydrogen (secondary N) is 1. The SMILES string of the molecule is Cc1cc(CN2C(=O)N(C)C(C)c3ccc(C(=O)NCc4c(F)cc(F)cc4F)cc32)on1. The van der Waals surface area contributed by atoms with Gasteiger partial charge >= 0.3 is 6.03 Å². The van der Waals surface area contributed by atoms with E-state index in [-0.39, 0.29) is 24.2 Å². The minimum absolute atomic E-state index is 0.112. The molecule has 1 aliphatic rings. The Balaban J connectivity index is 1.61. The molecule has 2 heterocycles. The third kappa shape index (κ3) is 4.28. The number of urea groups is 1. The van der Waals surface area contributed by atoms with Crippen molar-refractivity contribution < 1.29 is 27.3 Å². The highest BCUT2D eigenvalue weighted by Crippen LogP contribution is 2.37. The molecule has 0 spiro atoms. The molecule has 0 saturated heterocycles. The monoisotopic (exact) mass is 458 g/mol. The zero-order chi connectivity index (χ0) is 23.9. The molecule has 3 amide bonds. The lowest BCUT2D eigenvalue weighted by Crippen LogP contribution is -2.46. The third-order valence-electron chi connectivity index (χ3n) is 5.67. The lowest BCUT2D eigenvalue weighted by atomic mass is 9.98. The largest absolute Gasteiger partial charge is 0.359 e. The zero-order valence-electron chi connectivity index (χ0n) is 18.2. The smallest absolute Gasteiger partial charge is 0.325 e. The summed E-state index contributed by atoms with van der Waals surface area (Å²) in [5, 5.41) is 6.28. The van der Waals surface area contributed by atoms with Crippen LogP contribution in [0.5, 0.6) is 0 Å². The van der Waals surface area contributed by atoms with E-state index in [1.54, 1.807) is 43.1 Å². The molecule has 0 aliphatic carbocycles. The second kappa shape index (κ2) is 8.61. The minimum atomic E-state index is -1.09. The van der Waals surface area contributed by atoms with Gasteiger partial charge in [-0.2, -0.15) is 0 Å². The van der Waals surface area contributed by atoms with Gasteiger partial charge in [0.2, 0.25) is 0 Å². The molecule has 2 aromatic carbocycles. The second-order valence-electron chi connectivity index (χ2n) is 7.89. The first-order valence-corrected chi connectivity index (χ1v) is 10.2. The summed E-state index contributed by atoms with van der Waals surface area (Å²) in [6, 6.07) is 7.15. The van der Waals surface area contributed by atoms with Gasteiger partial charge in [0.25, 0.3) is 5.91 Å². The molecule has 4 rings (SSSR count). The van der Waals surface area contributed by atoms with Crippen molar-refractivity contribution in [2.45, 2.75) is 33.0 Å². The van der Waals surface area contributed by atoms with Gasteiger partial charge in [-0.3, -0.25) is 9.69 Å². The Labute approximate surface area is 187 Å². The molecule has 3 aromatic rings. The van der Waals surface area contributed by atoms with Gasteiger partial charge in [0, 0.05) is 42.9 Å². The summed E-state index contributed by atoms with van der Waals surface area (Å²) in [6.07, 6.45) is 0. The van der Waals surface area contributed by atoms with Crippen LogP contribution in [0.15, 0.2) is 40.9 Å². The van der Waals surface area contributed by atoms with Crippen LogP contribution in [-0.2, 0) is 13.1 Å². The number of aryl methyl sites for hydroxylation is 1. The van der Waals surface area contributed by atoms with Crippen molar-refractivity contribution in [1.82, 2.24) is 15.4 Å². The van der Waals surface area contributed by atoms with E-state index in [2.05, 4.69) is 10.5 Å². The van der Waals surface area contributed by atoms with E-state index in [4.69, 9.17) is 4.52 Å². The van der Waals surface area contributed by atoms with Crippen molar-refractivity contribution in [3.05, 3.63) is 82.0 Å². The zero-order valence-corrected chi connectivity index (χ0v) is 18.2. The predicted octanol–water partition coefficient (Wildman–Crippen LogP) is 4.46. The first kappa shape index (κ1) is 22.4. The molecule has 172 valence electrons. The number of hydrogen-bond donors (Lipinski definition) is 1. The number of anilines is 1. The molecule has 7 nitrogen and oxygen atoms in total. The maximum absolute atomic E-state index is 13.9. The van der Waals surface area contributed by atoms with Gasteiger partial charge in [-0.25, -0.2) is 18.0 Å². The molecule has 0 fully saturated rings. The van der Waals surface area contributed by atoms with Gasteiger partial charge in [-0.05, 0) is 31.5 Å². The molecule has 0 radical (unpaired) electrons. The highest BCUT2D eigenvalue weighted by atomic mass is 19.1. The Morgan fingerprint density at radius 1 is 1.15 bits per heavy atom. The maximum atomic E-state index is 13.9. The summed E-state index contributed by atoms with van der Waals surface area (Å²) in [4.78, 5) is 28.7. The molecule has 1 N–H and O–H groups in total. The molecular formula is C23H21F3N4O3. The molecule has 0 bridgehead atoms. The number of halogens is 3. The fourth-order valence-electron chi connectivity index (χ4n) is 3.75. The van der Waals surface area contributed by atoms with E-state index in [0.717, 1.165) is 5.56 Å². The van der Waals surface area contributed by atoms with Crippen molar-refractivity contribution in [1.29, 1.82) is 0 Å². The predicted molar refractivity (Wildman–Crippen MR) is 113 cm³/mol. The number of fused-ring (bicyclic) bond motifs is 1. The summed E-state index contributed by atoms with van der Waals surface area (Å²) >= 11 is 0. The molecule has 1 unspecified atom stereocenters. The Kier molecular flexibility index (Phi) is 5.84. The Morgan fingerprint density at radius 3 is 2.48 bits per heavy atom. The lowest BCUT2D eigenvalue weighted by molar-refractivity contribution is 0.0950. The van der Waals surface area contributed by atoms with Gasteiger partial charge in [0.1, 0.15) is 17.5 Å². The summed E-state index contributed by atoms with van der Waals surface area (Å²) in [7, 11) is 1.68. The van der Waals surface area contributed by atoms with Crippen molar-refractivity contribution >= 4 is 17.6 Å². The number of benzene rings is 2. The van der Waals surface area contributed by atoms with Crippen molar-refractivity contribution in [2.75, 3.05) is 11.9 Å². The number of amides is 3. The summed E-state index contributed by atoms with van der Waals surface area (Å²) in [5.41, 5.74) is 1.76. The normalized spacial score (nSPS) is 15.6. The Morgan fingerprint density at radius 2 is 1.85 bits per heavy atom. The van der Waals surface area contributed by atoms with Gasteiger partial charge in [0.15, 0.2) is 5.76 Å². The lowest BCUT2D eigenvalue weighted by Gasteiger charge is -2.39. The minimum Gasteiger partial charge on any atom is -0.359 e. The van der Waals surface area contributed by atoms with Crippen LogP contribution in [0.3, 0.4) is 0 Å². The van der Waals surface area contributed by atoms with E-state index < -0.39 is 35.5 Å². The fourth-order valence-corrected chi connectivity index (χ4v) is 3.75. The average molecular weight is 458 g/mol. The summed E-state index contributed by atoms with van der Waals surface area (Å²) in [6.45, 7) is 3.28. The molecule has 33 heavy (non-hydrogen) atoms. The van der Waals surface area contributed by atoms with Gasteiger partial charge in [0.05, 0.1) is 24.0 Å². The number of hydrogen-bond acceptors (Lipinski definition) is 4. The van der Waals surface area contributed by atoms with Crippen molar-refractivity contribution in [3.63, 3.8) is 0 Å². The maximum Gasteiger partial charge on any atom is 0.325 e. The van der Waals surface area contributed by atoms with Crippen LogP contribution in [0.4, 0.5) is 23.7 Å². The molecular weight excluding hydrogens is 437 g/mol. The first-order valence-electron chi connectivity index (χ1n) is 10.2. The van der Waals surface area contributed by atoms with E-state index in [9.17, 15) is 22.8 Å². The van der Waals surface area contributed by atoms with E-state index >= 15 is 0 Å². The summed E-state index contributed by atoms with van der Waals surface area (Å²) in [5.74, 6) is -3.34. The topological polar surface area (TPSA) is 78.7 Å². The number of aromatic nitrogens is 1. The average Bonchev–Trinajstić information content (AvgIpc) is 3.18. The van der Waals surface area contributed by atoms with Crippen LogP contribution >= 0.6 is 0 Å². The van der Waals surface area contributed by atoms with Crippen LogP contribution < -0.4 is 10.2 Å². The Hall–Kier alpha value is -3.82. The van der Waals surface area contributed by atoms with Gasteiger partial charge < -0.3 is 14.7 Å². The van der Waals surface area contributed by atoms with Gasteiger partial charge in [-0.15, -0.1) is 0 Å². The van der Waals surface area contributed by atoms with Crippen LogP contribution in [0, 0.1) is 24.4 Å². The quantitative estimate of drug-likeness (QED) is 0.612. The number of nitrogens with zero attached hydrogens (tertiary/aromatic N) is 3. The number of carbonyl (C=O) groups is 2. The molecule has 0 saturated carbocycles. The van der Waals surface area contributed by atoms with Crippen LogP contribution in [-0.4, -0.2) is 29.0 Å². The standard InChI is InChI=1S/C23H21F3N4O3/c1-12-6-16(33-28-12)11-30-21-7-14(4-5-17(21)13(2)29(3)23(30)32)22(31)27-10-18-19(25)8-15(24)9-20(18)26/h4-9,13H,10-11H2,1-3H3,(H,27,31). The van der Waals surface area contributed by atoms with Crippen LogP contribution in [0.2, 0.25) is 0 Å². The van der Waals surface area contributed by atoms with Crippen LogP contribution in [0.1, 0.15) is 45.9 Å². The van der Waals surface area contributed by atoms with E-state index in [1.807, 2.05) is 6.92 Å². The number of carbonyl (C=O) groups excluding carboxylic acids is 2. The highest BCUT2D eigenvalue weighted by Gasteiger charge is 2.34. The molecule has 1 aliphatic heterocycles. The van der Waals surface area contributed by atoms with Crippen LogP contribution in [0.25, 0.3) is 0 Å². The van der Waals surface area contributed by atoms with E-state index in [0.29, 0.717) is 29.3 Å². The molecule has 10 heteroatoms. The van der Waals surface area contributed by atoms with Crippen molar-refractivity contribution in [3.8, 4) is 0 Å². The first-order chi connectivity index (χ1) is 15.7. The fraction of sp³-hybridized carbons (Fsp3) is 0.261. The molecule has 1 atom stereocenters. The van der Waals surface area contributed by atoms with Crippen molar-refractivity contribution in [2.24, 2.45) is 0 Å². The number of rotatable bonds is 5. The second-order valence-corrected chi connectivity index (χ2v) is 7.89. The molecule has 1 aromatic heterocycles. The Bertz CT molecular complexity index is 1220. The van der Waals surface area contributed by atoms with Gasteiger partial charge in [-0.1, -0.05) is 11.2 Å². The third-order valence-corrected chi connectivity index (χ3v) is 5.67. The van der Waals surface area contributed by atoms with E-state index in [1.165, 1.54) is 4.90 Å².